The number of fused-ring (bicyclic) bond motifs is 1. The Bertz CT molecular complexity index is 1050. The quantitative estimate of drug-likeness (QED) is 0.391. The number of thioether (sulfide) groups is 1. The number of hydrogen-bond acceptors (Lipinski definition) is 7. The van der Waals surface area contributed by atoms with Crippen molar-refractivity contribution in [2.75, 3.05) is 6.61 Å². The van der Waals surface area contributed by atoms with E-state index in [1.807, 2.05) is 91.0 Å². The minimum Gasteiger partial charge on any atom is -0.424 e. The molecule has 176 valence electrons. The van der Waals surface area contributed by atoms with Crippen molar-refractivity contribution < 1.29 is 28.5 Å². The molecule has 7 heteroatoms. The molecule has 3 aromatic rings. The SMILES string of the molecule is O=C1O[C@H]2[C@@H](OCc3ccccc3)[C@@H](COCc3ccccc3)O[C@@H](Sc3ccccc3)[C@@H]2O1. The van der Waals surface area contributed by atoms with Gasteiger partial charge >= 0.3 is 6.16 Å². The molecule has 0 saturated carbocycles. The van der Waals surface area contributed by atoms with Gasteiger partial charge in [-0.05, 0) is 23.3 Å². The van der Waals surface area contributed by atoms with E-state index in [1.165, 1.54) is 11.8 Å². The van der Waals surface area contributed by atoms with Gasteiger partial charge in [0.15, 0.2) is 12.2 Å². The molecule has 0 aromatic heterocycles. The van der Waals surface area contributed by atoms with Crippen molar-refractivity contribution in [2.24, 2.45) is 0 Å². The first-order chi connectivity index (χ1) is 16.8. The molecule has 2 saturated heterocycles. The largest absolute Gasteiger partial charge is 0.509 e. The topological polar surface area (TPSA) is 63.2 Å². The number of carbonyl (C=O) groups excluding carboxylic acids is 1. The van der Waals surface area contributed by atoms with Crippen LogP contribution in [0.3, 0.4) is 0 Å². The van der Waals surface area contributed by atoms with Gasteiger partial charge in [-0.2, -0.15) is 0 Å². The van der Waals surface area contributed by atoms with E-state index < -0.39 is 36.0 Å². The number of carbonyl (C=O) groups is 1. The molecule has 0 spiro atoms. The van der Waals surface area contributed by atoms with Crippen LogP contribution in [-0.4, -0.2) is 42.6 Å². The van der Waals surface area contributed by atoms with Crippen molar-refractivity contribution in [3.8, 4) is 0 Å². The average Bonchev–Trinajstić information content (AvgIpc) is 3.27. The molecule has 2 aliphatic heterocycles. The zero-order chi connectivity index (χ0) is 23.2. The summed E-state index contributed by atoms with van der Waals surface area (Å²) in [5, 5.41) is 0. The van der Waals surface area contributed by atoms with Crippen LogP contribution in [0.25, 0.3) is 0 Å². The predicted molar refractivity (Wildman–Crippen MR) is 127 cm³/mol. The zero-order valence-electron chi connectivity index (χ0n) is 18.5. The zero-order valence-corrected chi connectivity index (χ0v) is 19.3. The van der Waals surface area contributed by atoms with Crippen molar-refractivity contribution in [2.45, 2.75) is 48.0 Å². The Balaban J connectivity index is 1.33. The predicted octanol–water partition coefficient (Wildman–Crippen LogP) is 5.21. The van der Waals surface area contributed by atoms with E-state index in [2.05, 4.69) is 0 Å². The van der Waals surface area contributed by atoms with Gasteiger partial charge in [0.1, 0.15) is 17.6 Å². The lowest BCUT2D eigenvalue weighted by Crippen LogP contribution is -2.57. The molecule has 0 unspecified atom stereocenters. The molecule has 2 fully saturated rings. The molecule has 5 atom stereocenters. The number of rotatable bonds is 9. The monoisotopic (exact) mass is 478 g/mol. The van der Waals surface area contributed by atoms with E-state index in [0.29, 0.717) is 19.8 Å². The van der Waals surface area contributed by atoms with Gasteiger partial charge in [0.25, 0.3) is 0 Å². The van der Waals surface area contributed by atoms with Crippen LogP contribution in [0, 0.1) is 0 Å². The minimum absolute atomic E-state index is 0.293. The lowest BCUT2D eigenvalue weighted by Gasteiger charge is -2.40. The number of hydrogen-bond donors (Lipinski definition) is 0. The Morgan fingerprint density at radius 2 is 1.32 bits per heavy atom. The first-order valence-electron chi connectivity index (χ1n) is 11.3. The highest BCUT2D eigenvalue weighted by Gasteiger charge is 2.55. The molecular formula is C27H26O6S. The smallest absolute Gasteiger partial charge is 0.424 e. The van der Waals surface area contributed by atoms with Gasteiger partial charge in [0.05, 0.1) is 19.8 Å². The molecule has 3 aromatic carbocycles. The number of ether oxygens (including phenoxy) is 5. The fourth-order valence-electron chi connectivity index (χ4n) is 4.09. The van der Waals surface area contributed by atoms with Crippen LogP contribution in [-0.2, 0) is 36.9 Å². The molecule has 6 nitrogen and oxygen atoms in total. The van der Waals surface area contributed by atoms with Gasteiger partial charge in [0, 0.05) is 4.90 Å². The maximum atomic E-state index is 12.1. The van der Waals surface area contributed by atoms with E-state index in [1.54, 1.807) is 0 Å². The Morgan fingerprint density at radius 3 is 2.00 bits per heavy atom. The van der Waals surface area contributed by atoms with Crippen LogP contribution < -0.4 is 0 Å². The Hall–Kier alpha value is -2.84. The lowest BCUT2D eigenvalue weighted by molar-refractivity contribution is -0.199. The van der Waals surface area contributed by atoms with Crippen LogP contribution >= 0.6 is 11.8 Å². The van der Waals surface area contributed by atoms with Gasteiger partial charge in [-0.15, -0.1) is 0 Å². The molecule has 5 rings (SSSR count). The van der Waals surface area contributed by atoms with Crippen molar-refractivity contribution in [3.05, 3.63) is 102 Å². The van der Waals surface area contributed by atoms with Gasteiger partial charge < -0.3 is 23.7 Å². The first-order valence-corrected chi connectivity index (χ1v) is 12.2. The van der Waals surface area contributed by atoms with Crippen molar-refractivity contribution >= 4 is 17.9 Å². The standard InChI is InChI=1S/C27H26O6S/c28-27-32-24-23(30-17-20-12-6-2-7-13-20)22(18-29-16-19-10-4-1-5-11-19)31-26(25(24)33-27)34-21-14-8-3-9-15-21/h1-15,22-26H,16-18H2/t22-,23+,24+,25-,26+/m1/s1. The van der Waals surface area contributed by atoms with E-state index >= 15 is 0 Å². The normalized spacial score (nSPS) is 25.9. The summed E-state index contributed by atoms with van der Waals surface area (Å²) in [5.41, 5.74) is 1.65. The van der Waals surface area contributed by atoms with E-state index in [0.717, 1.165) is 16.0 Å². The Morgan fingerprint density at radius 1 is 0.735 bits per heavy atom. The second kappa shape index (κ2) is 11.1. The maximum Gasteiger partial charge on any atom is 0.509 e. The van der Waals surface area contributed by atoms with Crippen molar-refractivity contribution in [1.29, 1.82) is 0 Å². The van der Waals surface area contributed by atoms with Crippen LogP contribution in [0.1, 0.15) is 11.1 Å². The van der Waals surface area contributed by atoms with Crippen LogP contribution in [0.5, 0.6) is 0 Å². The second-order valence-corrected chi connectivity index (χ2v) is 9.32. The Labute approximate surface area is 203 Å². The summed E-state index contributed by atoms with van der Waals surface area (Å²) in [5.74, 6) is 0. The van der Waals surface area contributed by atoms with Gasteiger partial charge in [-0.1, -0.05) is 90.6 Å². The van der Waals surface area contributed by atoms with Crippen LogP contribution in [0.15, 0.2) is 95.9 Å². The molecule has 2 heterocycles. The molecule has 34 heavy (non-hydrogen) atoms. The van der Waals surface area contributed by atoms with E-state index in [4.69, 9.17) is 23.7 Å². The fraction of sp³-hybridized carbons (Fsp3) is 0.296. The first kappa shape index (κ1) is 22.9. The third kappa shape index (κ3) is 5.62. The summed E-state index contributed by atoms with van der Waals surface area (Å²) < 4.78 is 29.9. The highest BCUT2D eigenvalue weighted by molar-refractivity contribution is 7.99. The van der Waals surface area contributed by atoms with Crippen molar-refractivity contribution in [1.82, 2.24) is 0 Å². The summed E-state index contributed by atoms with van der Waals surface area (Å²) >= 11 is 1.50. The third-order valence-electron chi connectivity index (χ3n) is 5.73. The molecular weight excluding hydrogens is 452 g/mol. The van der Waals surface area contributed by atoms with Gasteiger partial charge in [0.2, 0.25) is 0 Å². The molecule has 0 radical (unpaired) electrons. The summed E-state index contributed by atoms with van der Waals surface area (Å²) in [6, 6.07) is 29.7. The average molecular weight is 479 g/mol. The molecule has 0 N–H and O–H groups in total. The van der Waals surface area contributed by atoms with Crippen LogP contribution in [0.2, 0.25) is 0 Å². The molecule has 2 aliphatic rings. The van der Waals surface area contributed by atoms with Gasteiger partial charge in [-0.25, -0.2) is 4.79 Å². The Kier molecular flexibility index (Phi) is 7.46. The summed E-state index contributed by atoms with van der Waals surface area (Å²) in [6.45, 7) is 1.11. The lowest BCUT2D eigenvalue weighted by atomic mass is 10.00. The molecule has 0 bridgehead atoms. The highest BCUT2D eigenvalue weighted by atomic mass is 32.2. The van der Waals surface area contributed by atoms with Crippen LogP contribution in [0.4, 0.5) is 4.79 Å². The third-order valence-corrected chi connectivity index (χ3v) is 6.89. The van der Waals surface area contributed by atoms with E-state index in [9.17, 15) is 4.79 Å². The molecule has 0 aliphatic carbocycles. The fourth-order valence-corrected chi connectivity index (χ4v) is 5.21. The minimum atomic E-state index is -0.698. The van der Waals surface area contributed by atoms with Gasteiger partial charge in [-0.3, -0.25) is 0 Å². The summed E-state index contributed by atoms with van der Waals surface area (Å²) in [4.78, 5) is 13.2. The number of benzene rings is 3. The summed E-state index contributed by atoms with van der Waals surface area (Å²) in [7, 11) is 0. The summed E-state index contributed by atoms with van der Waals surface area (Å²) in [6.07, 6.45) is -2.83. The second-order valence-electron chi connectivity index (χ2n) is 8.15. The highest BCUT2D eigenvalue weighted by Crippen LogP contribution is 2.40. The van der Waals surface area contributed by atoms with Crippen molar-refractivity contribution in [3.63, 3.8) is 0 Å². The van der Waals surface area contributed by atoms with E-state index in [-0.39, 0.29) is 0 Å². The molecule has 0 amide bonds. The maximum absolute atomic E-state index is 12.1.